The van der Waals surface area contributed by atoms with Crippen molar-refractivity contribution in [2.75, 3.05) is 44.1 Å². The maximum Gasteiger partial charge on any atom is 0.321 e. The molecule has 0 saturated carbocycles. The molecule has 3 rings (SSSR count). The first-order valence-corrected chi connectivity index (χ1v) is 8.71. The van der Waals surface area contributed by atoms with E-state index < -0.39 is 0 Å². The molecule has 136 valence electrons. The van der Waals surface area contributed by atoms with E-state index in [-0.39, 0.29) is 18.5 Å². The number of hydrogen-bond acceptors (Lipinski definition) is 4. The number of likely N-dealkylation sites (N-methyl/N-ethyl adjacent to an activating group) is 1. The lowest BCUT2D eigenvalue weighted by Gasteiger charge is -2.26. The first-order chi connectivity index (χ1) is 12.0. The van der Waals surface area contributed by atoms with Crippen molar-refractivity contribution in [3.8, 4) is 5.75 Å². The van der Waals surface area contributed by atoms with Crippen molar-refractivity contribution in [2.45, 2.75) is 31.8 Å². The summed E-state index contributed by atoms with van der Waals surface area (Å²) in [6, 6.07) is 5.14. The van der Waals surface area contributed by atoms with Crippen molar-refractivity contribution in [1.82, 2.24) is 4.90 Å². The number of nitrogens with zero attached hydrogens (tertiary/aromatic N) is 2. The predicted octanol–water partition coefficient (Wildman–Crippen LogP) is 2.46. The fraction of sp³-hybridized carbons (Fsp3) is 0.556. The van der Waals surface area contributed by atoms with Crippen LogP contribution in [-0.2, 0) is 9.53 Å². The second-order valence-electron chi connectivity index (χ2n) is 6.55. The highest BCUT2D eigenvalue weighted by molar-refractivity contribution is 5.98. The summed E-state index contributed by atoms with van der Waals surface area (Å²) in [5, 5.41) is 2.87. The molecule has 1 saturated heterocycles. The normalized spacial score (nSPS) is 19.4. The van der Waals surface area contributed by atoms with Crippen molar-refractivity contribution in [1.29, 1.82) is 0 Å². The van der Waals surface area contributed by atoms with Gasteiger partial charge in [0.25, 0.3) is 5.91 Å². The molecule has 1 fully saturated rings. The lowest BCUT2D eigenvalue weighted by molar-refractivity contribution is -0.120. The molecule has 0 unspecified atom stereocenters. The van der Waals surface area contributed by atoms with Crippen LogP contribution < -0.4 is 15.0 Å². The van der Waals surface area contributed by atoms with Crippen LogP contribution in [0.25, 0.3) is 0 Å². The molecule has 2 heterocycles. The smallest absolute Gasteiger partial charge is 0.321 e. The average Bonchev–Trinajstić information content (AvgIpc) is 3.11. The number of ether oxygens (including phenoxy) is 2. The van der Waals surface area contributed by atoms with Crippen LogP contribution in [-0.4, -0.2) is 56.8 Å². The first-order valence-electron chi connectivity index (χ1n) is 8.71. The topological polar surface area (TPSA) is 71.1 Å². The van der Waals surface area contributed by atoms with Crippen molar-refractivity contribution in [2.24, 2.45) is 0 Å². The van der Waals surface area contributed by atoms with E-state index in [4.69, 9.17) is 9.47 Å². The molecule has 2 aliphatic heterocycles. The molecule has 0 aliphatic carbocycles. The van der Waals surface area contributed by atoms with Gasteiger partial charge in [-0.15, -0.1) is 0 Å². The highest BCUT2D eigenvalue weighted by atomic mass is 16.5. The summed E-state index contributed by atoms with van der Waals surface area (Å²) in [4.78, 5) is 27.2. The number of anilines is 2. The van der Waals surface area contributed by atoms with Gasteiger partial charge in [-0.25, -0.2) is 4.79 Å². The van der Waals surface area contributed by atoms with Crippen LogP contribution in [0.5, 0.6) is 5.75 Å². The summed E-state index contributed by atoms with van der Waals surface area (Å²) in [5.74, 6) is 0.510. The molecule has 3 amide bonds. The molecule has 2 aliphatic rings. The van der Waals surface area contributed by atoms with Gasteiger partial charge in [0.1, 0.15) is 5.75 Å². The molecule has 1 aromatic rings. The quantitative estimate of drug-likeness (QED) is 0.888. The van der Waals surface area contributed by atoms with Gasteiger partial charge in [0.15, 0.2) is 6.61 Å². The van der Waals surface area contributed by atoms with Crippen LogP contribution in [0.3, 0.4) is 0 Å². The number of carbonyl (C=O) groups is 2. The van der Waals surface area contributed by atoms with Crippen molar-refractivity contribution >= 4 is 23.3 Å². The monoisotopic (exact) mass is 347 g/mol. The molecule has 0 bridgehead atoms. The van der Waals surface area contributed by atoms with E-state index in [9.17, 15) is 9.59 Å². The summed E-state index contributed by atoms with van der Waals surface area (Å²) in [6.07, 6.45) is 4.54. The van der Waals surface area contributed by atoms with Gasteiger partial charge < -0.3 is 24.6 Å². The summed E-state index contributed by atoms with van der Waals surface area (Å²) < 4.78 is 11.0. The van der Waals surface area contributed by atoms with E-state index >= 15 is 0 Å². The Morgan fingerprint density at radius 2 is 2.28 bits per heavy atom. The van der Waals surface area contributed by atoms with Gasteiger partial charge in [0, 0.05) is 39.0 Å². The van der Waals surface area contributed by atoms with Gasteiger partial charge in [-0.05, 0) is 37.8 Å². The Morgan fingerprint density at radius 3 is 3.04 bits per heavy atom. The largest absolute Gasteiger partial charge is 0.481 e. The number of amides is 3. The Labute approximate surface area is 147 Å². The molecular weight excluding hydrogens is 322 g/mol. The zero-order valence-corrected chi connectivity index (χ0v) is 14.8. The number of rotatable bonds is 5. The van der Waals surface area contributed by atoms with E-state index in [1.807, 2.05) is 0 Å². The number of carbonyl (C=O) groups excluding carboxylic acids is 2. The van der Waals surface area contributed by atoms with E-state index in [0.29, 0.717) is 29.8 Å². The van der Waals surface area contributed by atoms with Crippen LogP contribution in [0.2, 0.25) is 0 Å². The molecule has 1 N–H and O–H groups in total. The number of urea groups is 1. The minimum atomic E-state index is -0.160. The second kappa shape index (κ2) is 7.74. The van der Waals surface area contributed by atoms with Gasteiger partial charge in [0.2, 0.25) is 0 Å². The van der Waals surface area contributed by atoms with E-state index in [2.05, 4.69) is 5.32 Å². The van der Waals surface area contributed by atoms with Gasteiger partial charge >= 0.3 is 6.03 Å². The highest BCUT2D eigenvalue weighted by Crippen LogP contribution is 2.33. The predicted molar refractivity (Wildman–Crippen MR) is 95.2 cm³/mol. The van der Waals surface area contributed by atoms with Gasteiger partial charge in [0.05, 0.1) is 11.8 Å². The van der Waals surface area contributed by atoms with Gasteiger partial charge in [-0.3, -0.25) is 4.79 Å². The summed E-state index contributed by atoms with van der Waals surface area (Å²) in [7, 11) is 3.50. The zero-order valence-electron chi connectivity index (χ0n) is 14.8. The fourth-order valence-electron chi connectivity index (χ4n) is 3.10. The standard InChI is InChI=1S/C18H25N3O4/c1-20(9-3-5-14-6-4-10-24-14)18(23)19-13-7-8-15-16(11-13)25-12-17(22)21(15)2/h7-8,11,14H,3-6,9-10,12H2,1-2H3,(H,19,23)/t14-/m0/s1. The lowest BCUT2D eigenvalue weighted by Crippen LogP contribution is -2.35. The minimum absolute atomic E-state index is 0.0179. The van der Waals surface area contributed by atoms with E-state index in [1.165, 1.54) is 0 Å². The second-order valence-corrected chi connectivity index (χ2v) is 6.55. The highest BCUT2D eigenvalue weighted by Gasteiger charge is 2.22. The Hall–Kier alpha value is -2.28. The fourth-order valence-corrected chi connectivity index (χ4v) is 3.10. The molecule has 1 aromatic carbocycles. The summed E-state index contributed by atoms with van der Waals surface area (Å²) in [5.41, 5.74) is 1.36. The Balaban J connectivity index is 1.51. The number of nitrogens with one attached hydrogen (secondary N) is 1. The zero-order chi connectivity index (χ0) is 17.8. The minimum Gasteiger partial charge on any atom is -0.481 e. The summed E-state index contributed by atoms with van der Waals surface area (Å²) in [6.45, 7) is 1.57. The third kappa shape index (κ3) is 4.22. The number of fused-ring (bicyclic) bond motifs is 1. The van der Waals surface area contributed by atoms with Crippen LogP contribution in [0.1, 0.15) is 25.7 Å². The molecule has 7 nitrogen and oxygen atoms in total. The van der Waals surface area contributed by atoms with Gasteiger partial charge in [-0.2, -0.15) is 0 Å². The van der Waals surface area contributed by atoms with E-state index in [1.54, 1.807) is 42.1 Å². The van der Waals surface area contributed by atoms with Crippen molar-refractivity contribution in [3.05, 3.63) is 18.2 Å². The van der Waals surface area contributed by atoms with Crippen molar-refractivity contribution < 1.29 is 19.1 Å². The van der Waals surface area contributed by atoms with Crippen LogP contribution >= 0.6 is 0 Å². The van der Waals surface area contributed by atoms with Crippen LogP contribution in [0, 0.1) is 0 Å². The SMILES string of the molecule is CN(CCC[C@H]1CCCO1)C(=O)Nc1ccc2c(c1)OCC(=O)N2C. The third-order valence-electron chi connectivity index (χ3n) is 4.69. The Bertz CT molecular complexity index is 643. The third-order valence-corrected chi connectivity index (χ3v) is 4.69. The molecule has 0 spiro atoms. The van der Waals surface area contributed by atoms with Gasteiger partial charge in [-0.1, -0.05) is 0 Å². The average molecular weight is 347 g/mol. The molecule has 0 radical (unpaired) electrons. The summed E-state index contributed by atoms with van der Waals surface area (Å²) >= 11 is 0. The Morgan fingerprint density at radius 1 is 1.44 bits per heavy atom. The van der Waals surface area contributed by atoms with Crippen LogP contribution in [0.4, 0.5) is 16.2 Å². The molecule has 1 atom stereocenters. The lowest BCUT2D eigenvalue weighted by atomic mass is 10.1. The Kier molecular flexibility index (Phi) is 5.43. The molecular formula is C18H25N3O4. The first kappa shape index (κ1) is 17.5. The maximum absolute atomic E-state index is 12.3. The van der Waals surface area contributed by atoms with E-state index in [0.717, 1.165) is 32.3 Å². The molecule has 25 heavy (non-hydrogen) atoms. The number of hydrogen-bond donors (Lipinski definition) is 1. The van der Waals surface area contributed by atoms with Crippen molar-refractivity contribution in [3.63, 3.8) is 0 Å². The molecule has 0 aromatic heterocycles. The maximum atomic E-state index is 12.3. The number of benzene rings is 1. The van der Waals surface area contributed by atoms with Crippen LogP contribution in [0.15, 0.2) is 18.2 Å². The molecule has 7 heteroatoms.